The molecule has 3 fully saturated rings. The number of fused-ring (bicyclic) bond motifs is 2. The van der Waals surface area contributed by atoms with Crippen LogP contribution in [0.2, 0.25) is 0 Å². The van der Waals surface area contributed by atoms with Gasteiger partial charge in [-0.05, 0) is 19.4 Å². The fourth-order valence-corrected chi connectivity index (χ4v) is 5.67. The molecule has 13 heteroatoms. The fraction of sp³-hybridized carbons (Fsp3) is 0.526. The molecule has 3 heterocycles. The molecule has 3 aliphatic rings. The lowest BCUT2D eigenvalue weighted by Crippen LogP contribution is -2.42. The standard InChI is InChI=1S/C19H20FN3O7S2/c1-9-5-22(13-4-14(13)29-9)16-10(7-24)3-12-17(15(16)20)30-21-18(12)23-6-11(31-19(23)25)8-28-32(2,26)27/h3,7,9,11,13-14H,4-6,8H2,1-2H3/t9-,11-,13?,14-/m1/s1. The third-order valence-electron chi connectivity index (χ3n) is 5.66. The second-order valence-electron chi connectivity index (χ2n) is 8.17. The highest BCUT2D eigenvalue weighted by atomic mass is 32.2. The lowest BCUT2D eigenvalue weighted by molar-refractivity contribution is 0.0361. The number of halogens is 1. The quantitative estimate of drug-likeness (QED) is 0.445. The van der Waals surface area contributed by atoms with Crippen LogP contribution in [-0.4, -0.2) is 74.6 Å². The Morgan fingerprint density at radius 2 is 2.19 bits per heavy atom. The molecular formula is C19H20FN3O7S2. The summed E-state index contributed by atoms with van der Waals surface area (Å²) in [6, 6.07) is 1.48. The highest BCUT2D eigenvalue weighted by Gasteiger charge is 2.49. The zero-order valence-electron chi connectivity index (χ0n) is 17.2. The van der Waals surface area contributed by atoms with E-state index in [1.165, 1.54) is 11.0 Å². The van der Waals surface area contributed by atoms with Crippen molar-refractivity contribution in [2.24, 2.45) is 0 Å². The van der Waals surface area contributed by atoms with Crippen LogP contribution < -0.4 is 9.80 Å². The number of hydrogen-bond donors (Lipinski definition) is 0. The maximum atomic E-state index is 15.6. The SMILES string of the molecule is C[C@@H]1CN(c2c(C=O)cc3c(N4C[C@H](COS(C)(=O)=O)SC4=O)noc3c2F)C2C[C@H]2O1. The predicted octanol–water partition coefficient (Wildman–Crippen LogP) is 2.16. The summed E-state index contributed by atoms with van der Waals surface area (Å²) in [5, 5.41) is 3.23. The number of ether oxygens (including phenoxy) is 1. The number of anilines is 2. The average molecular weight is 486 g/mol. The number of hydrogen-bond acceptors (Lipinski definition) is 10. The molecular weight excluding hydrogens is 465 g/mol. The van der Waals surface area contributed by atoms with Crippen LogP contribution in [0.25, 0.3) is 11.0 Å². The predicted molar refractivity (Wildman–Crippen MR) is 114 cm³/mol. The van der Waals surface area contributed by atoms with E-state index in [0.29, 0.717) is 12.8 Å². The Balaban J connectivity index is 1.48. The van der Waals surface area contributed by atoms with Gasteiger partial charge in [0.05, 0.1) is 47.4 Å². The molecule has 10 nitrogen and oxygen atoms in total. The molecule has 2 aromatic rings. The van der Waals surface area contributed by atoms with Gasteiger partial charge in [-0.1, -0.05) is 16.9 Å². The number of thioether (sulfide) groups is 1. The van der Waals surface area contributed by atoms with E-state index in [0.717, 1.165) is 24.4 Å². The second-order valence-corrected chi connectivity index (χ2v) is 11.1. The van der Waals surface area contributed by atoms with E-state index >= 15 is 4.39 Å². The Hall–Kier alpha value is -2.22. The Bertz CT molecular complexity index is 1220. The molecule has 1 aromatic carbocycles. The number of aromatic nitrogens is 1. The molecule has 4 atom stereocenters. The molecule has 0 bridgehead atoms. The molecule has 0 spiro atoms. The van der Waals surface area contributed by atoms with Crippen molar-refractivity contribution in [2.75, 3.05) is 35.8 Å². The number of carbonyl (C=O) groups is 2. The fourth-order valence-electron chi connectivity index (χ4n) is 4.24. The van der Waals surface area contributed by atoms with Gasteiger partial charge in [-0.2, -0.15) is 8.42 Å². The zero-order chi connectivity index (χ0) is 22.8. The first-order chi connectivity index (χ1) is 15.2. The van der Waals surface area contributed by atoms with Crippen molar-refractivity contribution in [3.8, 4) is 0 Å². The van der Waals surface area contributed by atoms with Gasteiger partial charge in [0.2, 0.25) is 5.58 Å². The summed E-state index contributed by atoms with van der Waals surface area (Å²) >= 11 is 0.898. The summed E-state index contributed by atoms with van der Waals surface area (Å²) < 4.78 is 53.8. The summed E-state index contributed by atoms with van der Waals surface area (Å²) in [5.74, 6) is -0.632. The van der Waals surface area contributed by atoms with Gasteiger partial charge in [0, 0.05) is 18.7 Å². The molecule has 5 rings (SSSR count). The molecule has 32 heavy (non-hydrogen) atoms. The van der Waals surface area contributed by atoms with Crippen LogP contribution in [0.1, 0.15) is 23.7 Å². The Labute approximate surface area is 187 Å². The summed E-state index contributed by atoms with van der Waals surface area (Å²) in [4.78, 5) is 27.5. The third-order valence-corrected chi connectivity index (χ3v) is 7.27. The molecule has 0 radical (unpaired) electrons. The van der Waals surface area contributed by atoms with Gasteiger partial charge in [0.1, 0.15) is 0 Å². The van der Waals surface area contributed by atoms with Crippen molar-refractivity contribution in [3.05, 3.63) is 17.4 Å². The Kier molecular flexibility index (Phi) is 5.19. The van der Waals surface area contributed by atoms with Gasteiger partial charge in [0.15, 0.2) is 17.9 Å². The van der Waals surface area contributed by atoms with E-state index in [1.807, 2.05) is 11.8 Å². The number of morpholine rings is 1. The second kappa shape index (κ2) is 7.68. The molecule has 2 saturated heterocycles. The molecule has 0 N–H and O–H groups in total. The Morgan fingerprint density at radius 3 is 2.91 bits per heavy atom. The molecule has 1 aliphatic carbocycles. The van der Waals surface area contributed by atoms with Crippen molar-refractivity contribution < 1.29 is 35.8 Å². The van der Waals surface area contributed by atoms with E-state index in [9.17, 15) is 18.0 Å². The highest BCUT2D eigenvalue weighted by Crippen LogP contribution is 2.44. The van der Waals surface area contributed by atoms with Crippen molar-refractivity contribution in [1.82, 2.24) is 5.16 Å². The number of carbonyl (C=O) groups excluding carboxylic acids is 2. The monoisotopic (exact) mass is 485 g/mol. The van der Waals surface area contributed by atoms with Crippen molar-refractivity contribution in [3.63, 3.8) is 0 Å². The summed E-state index contributed by atoms with van der Waals surface area (Å²) in [5.41, 5.74) is 0.139. The van der Waals surface area contributed by atoms with Crippen LogP contribution in [0.5, 0.6) is 0 Å². The van der Waals surface area contributed by atoms with Gasteiger partial charge >= 0.3 is 0 Å². The molecule has 172 valence electrons. The minimum absolute atomic E-state index is 0.00593. The number of nitrogens with zero attached hydrogens (tertiary/aromatic N) is 3. The maximum absolute atomic E-state index is 15.6. The van der Waals surface area contributed by atoms with Crippen LogP contribution >= 0.6 is 11.8 Å². The lowest BCUT2D eigenvalue weighted by Gasteiger charge is -2.33. The first kappa shape index (κ1) is 21.6. The van der Waals surface area contributed by atoms with Crippen molar-refractivity contribution in [2.45, 2.75) is 36.8 Å². The minimum Gasteiger partial charge on any atom is -0.371 e. The summed E-state index contributed by atoms with van der Waals surface area (Å²) in [6.45, 7) is 2.25. The molecule has 2 aliphatic heterocycles. The molecule has 1 amide bonds. The number of amides is 1. The van der Waals surface area contributed by atoms with Crippen molar-refractivity contribution >= 4 is 55.9 Å². The van der Waals surface area contributed by atoms with E-state index in [1.54, 1.807) is 0 Å². The zero-order valence-corrected chi connectivity index (χ0v) is 18.8. The molecule has 1 aromatic heterocycles. The normalized spacial score (nSPS) is 27.8. The van der Waals surface area contributed by atoms with Gasteiger partial charge in [-0.25, -0.2) is 4.39 Å². The van der Waals surface area contributed by atoms with Gasteiger partial charge in [-0.3, -0.25) is 18.7 Å². The lowest BCUT2D eigenvalue weighted by atomic mass is 10.1. The minimum atomic E-state index is -3.65. The third kappa shape index (κ3) is 3.76. The van der Waals surface area contributed by atoms with Crippen LogP contribution in [-0.2, 0) is 19.0 Å². The summed E-state index contributed by atoms with van der Waals surface area (Å²) in [7, 11) is -3.65. The number of aldehydes is 1. The van der Waals surface area contributed by atoms with E-state index in [-0.39, 0.29) is 59.4 Å². The van der Waals surface area contributed by atoms with Crippen LogP contribution in [0, 0.1) is 5.82 Å². The van der Waals surface area contributed by atoms with Gasteiger partial charge in [-0.15, -0.1) is 0 Å². The van der Waals surface area contributed by atoms with Crippen LogP contribution in [0.15, 0.2) is 10.6 Å². The first-order valence-electron chi connectivity index (χ1n) is 9.98. The first-order valence-corrected chi connectivity index (χ1v) is 12.7. The molecule has 1 unspecified atom stereocenters. The number of rotatable bonds is 6. The van der Waals surface area contributed by atoms with Gasteiger partial charge < -0.3 is 14.2 Å². The maximum Gasteiger partial charge on any atom is 0.287 e. The Morgan fingerprint density at radius 1 is 1.41 bits per heavy atom. The van der Waals surface area contributed by atoms with Gasteiger partial charge in [0.25, 0.3) is 15.4 Å². The topological polar surface area (TPSA) is 119 Å². The van der Waals surface area contributed by atoms with Crippen LogP contribution in [0.3, 0.4) is 0 Å². The highest BCUT2D eigenvalue weighted by molar-refractivity contribution is 8.14. The smallest absolute Gasteiger partial charge is 0.287 e. The van der Waals surface area contributed by atoms with Crippen LogP contribution in [0.4, 0.5) is 20.7 Å². The average Bonchev–Trinajstić information content (AvgIpc) is 3.22. The largest absolute Gasteiger partial charge is 0.371 e. The molecule has 1 saturated carbocycles. The number of benzene rings is 1. The van der Waals surface area contributed by atoms with Crippen molar-refractivity contribution in [1.29, 1.82) is 0 Å². The van der Waals surface area contributed by atoms with E-state index < -0.39 is 26.4 Å². The van der Waals surface area contributed by atoms with E-state index in [4.69, 9.17) is 13.4 Å². The van der Waals surface area contributed by atoms with E-state index in [2.05, 4.69) is 5.16 Å². The summed E-state index contributed by atoms with van der Waals surface area (Å²) in [6.07, 6.45) is 2.18.